The van der Waals surface area contributed by atoms with Crippen molar-refractivity contribution >= 4 is 99.1 Å². The molecule has 1 fully saturated rings. The van der Waals surface area contributed by atoms with Crippen LogP contribution in [0.4, 0.5) is 16.2 Å². The van der Waals surface area contributed by atoms with Gasteiger partial charge in [-0.2, -0.15) is 16.8 Å². The highest BCUT2D eigenvalue weighted by atomic mass is 32.2. The molecule has 0 aliphatic carbocycles. The van der Waals surface area contributed by atoms with Gasteiger partial charge in [-0.05, 0) is 89.7 Å². The van der Waals surface area contributed by atoms with Gasteiger partial charge < -0.3 is 36.6 Å². The number of nitrogens with zero attached hydrogens (tertiary/aromatic N) is 5. The number of benzene rings is 2. The van der Waals surface area contributed by atoms with E-state index in [0.717, 1.165) is 21.7 Å². The highest BCUT2D eigenvalue weighted by molar-refractivity contribution is 7.98. The molecule has 0 spiro atoms. The Labute approximate surface area is 425 Å². The van der Waals surface area contributed by atoms with E-state index in [4.69, 9.17) is 12.2 Å². The first kappa shape index (κ1) is 59.1. The number of hydrogen-bond acceptors (Lipinski definition) is 15. The van der Waals surface area contributed by atoms with E-state index in [9.17, 15) is 48.9 Å². The van der Waals surface area contributed by atoms with Crippen LogP contribution in [0, 0.1) is 11.8 Å². The number of carboxylic acids is 3. The number of nitrogens with one attached hydrogen (secondary N) is 4. The summed E-state index contributed by atoms with van der Waals surface area (Å²) in [6.07, 6.45) is 4.89. The van der Waals surface area contributed by atoms with Crippen LogP contribution in [0.25, 0.3) is 0 Å². The third kappa shape index (κ3) is 24.1. The van der Waals surface area contributed by atoms with E-state index in [1.54, 1.807) is 50.7 Å². The summed E-state index contributed by atoms with van der Waals surface area (Å²) in [5.74, 6) is -3.90. The zero-order valence-electron chi connectivity index (χ0n) is 40.4. The number of carbonyl (C=O) groups is 7. The molecule has 0 unspecified atom stereocenters. The van der Waals surface area contributed by atoms with Gasteiger partial charge in [0.15, 0.2) is 5.78 Å². The molecule has 70 heavy (non-hydrogen) atoms. The van der Waals surface area contributed by atoms with Crippen LogP contribution in [0.3, 0.4) is 0 Å². The summed E-state index contributed by atoms with van der Waals surface area (Å²) < 4.78 is 0. The molecule has 19 nitrogen and oxygen atoms in total. The number of hydrogen-bond donors (Lipinski definition) is 7. The molecule has 7 N–H and O–H groups in total. The number of thiocarbonyl (C=S) groups is 2. The Morgan fingerprint density at radius 1 is 0.757 bits per heavy atom. The van der Waals surface area contributed by atoms with E-state index >= 15 is 0 Å². The van der Waals surface area contributed by atoms with Crippen LogP contribution in [0.2, 0.25) is 0 Å². The number of carbonyl (C=O) groups excluding carboxylic acids is 4. The van der Waals surface area contributed by atoms with Gasteiger partial charge in [-0.15, -0.1) is 0 Å². The SMILES string of the molecule is CC[C@H](C)[C@H](CC(=O)[C@H](CCSC)NC(=O)Nc1ccc(CNC(=O)CN2CCN(CC(=O)O)CCN(CC(=O)O)CCN(CC(=O)O)CC2)cc1)C(=O)NCCCC(=S)Cc1ccc(N=C=S)cc1. The molecule has 22 heteroatoms. The molecule has 0 bridgehead atoms. The van der Waals surface area contributed by atoms with Crippen LogP contribution in [0.5, 0.6) is 0 Å². The van der Waals surface area contributed by atoms with Crippen molar-refractivity contribution in [2.75, 3.05) is 102 Å². The average Bonchev–Trinajstić information content (AvgIpc) is 3.31. The predicted molar refractivity (Wildman–Crippen MR) is 278 cm³/mol. The van der Waals surface area contributed by atoms with Crippen LogP contribution in [0.1, 0.15) is 57.1 Å². The number of rotatable bonds is 28. The summed E-state index contributed by atoms with van der Waals surface area (Å²) in [4.78, 5) is 100. The molecule has 4 amide bonds. The normalized spacial score (nSPS) is 15.6. The van der Waals surface area contributed by atoms with E-state index in [-0.39, 0.29) is 102 Å². The number of isothiocyanates is 1. The fourth-order valence-electron chi connectivity index (χ4n) is 7.71. The number of ketones is 1. The number of anilines is 1. The van der Waals surface area contributed by atoms with Crippen LogP contribution in [0.15, 0.2) is 53.5 Å². The molecular formula is C48H69N9O10S3. The third-order valence-electron chi connectivity index (χ3n) is 11.9. The largest absolute Gasteiger partial charge is 0.480 e. The quantitative estimate of drug-likeness (QED) is 0.0363. The van der Waals surface area contributed by atoms with E-state index in [1.807, 2.05) is 49.3 Å². The minimum Gasteiger partial charge on any atom is -0.480 e. The van der Waals surface area contributed by atoms with Crippen LogP contribution in [-0.2, 0) is 41.7 Å². The Kier molecular flexibility index (Phi) is 27.6. The Morgan fingerprint density at radius 2 is 1.27 bits per heavy atom. The van der Waals surface area contributed by atoms with Crippen molar-refractivity contribution in [3.63, 3.8) is 0 Å². The van der Waals surface area contributed by atoms with Crippen molar-refractivity contribution < 1.29 is 48.9 Å². The molecular weight excluding hydrogens is 959 g/mol. The number of aliphatic imine (C=N–C) groups is 1. The van der Waals surface area contributed by atoms with E-state index in [0.29, 0.717) is 63.2 Å². The van der Waals surface area contributed by atoms with Gasteiger partial charge in [0.05, 0.1) is 43.1 Å². The van der Waals surface area contributed by atoms with Gasteiger partial charge in [-0.1, -0.05) is 56.8 Å². The topological polar surface area (TPSA) is 254 Å². The summed E-state index contributed by atoms with van der Waals surface area (Å²) in [7, 11) is 0. The second kappa shape index (κ2) is 32.6. The molecule has 1 heterocycles. The number of urea groups is 1. The lowest BCUT2D eigenvalue weighted by Gasteiger charge is -2.32. The fourth-order valence-corrected chi connectivity index (χ4v) is 8.59. The third-order valence-corrected chi connectivity index (χ3v) is 13.0. The summed E-state index contributed by atoms with van der Waals surface area (Å²) in [5, 5.41) is 42.3. The van der Waals surface area contributed by atoms with E-state index < -0.39 is 35.9 Å². The Balaban J connectivity index is 1.53. The number of carboxylic acid groups (broad SMARTS) is 3. The Hall–Kier alpha value is -5.19. The van der Waals surface area contributed by atoms with Gasteiger partial charge in [-0.25, -0.2) is 4.79 Å². The van der Waals surface area contributed by atoms with Crippen molar-refractivity contribution in [3.05, 3.63) is 59.7 Å². The lowest BCUT2D eigenvalue weighted by atomic mass is 9.85. The van der Waals surface area contributed by atoms with Gasteiger partial charge >= 0.3 is 23.9 Å². The summed E-state index contributed by atoms with van der Waals surface area (Å²) >= 11 is 11.8. The fraction of sp³-hybridized carbons (Fsp3) is 0.562. The Morgan fingerprint density at radius 3 is 1.76 bits per heavy atom. The second-order valence-electron chi connectivity index (χ2n) is 17.3. The smallest absolute Gasteiger partial charge is 0.319 e. The number of Topliss-reactive ketones (excluding diaryl/α,β-unsaturated/α-hetero) is 1. The molecule has 0 radical (unpaired) electrons. The zero-order chi connectivity index (χ0) is 51.4. The first-order valence-electron chi connectivity index (χ1n) is 23.4. The first-order chi connectivity index (χ1) is 33.5. The molecule has 1 saturated heterocycles. The van der Waals surface area contributed by atoms with Crippen molar-refractivity contribution in [1.29, 1.82) is 0 Å². The standard InChI is InChI=1S/C48H69N9O10S3/c1-4-34(2)40(47(66)49-16-5-6-39(69)26-35-7-11-37(12-8-35)51-33-68)27-42(58)41(15-25-70-3)53-48(67)52-38-13-9-36(10-14-38)28-50-43(59)29-54-17-19-55(30-44(60)61)21-23-57(32-46(64)65)24-22-56(20-18-54)31-45(62)63/h7-14,34,40-41H,4-6,15-32H2,1-3H3,(H,49,66)(H,50,59)(H,60,61)(H,62,63)(H,64,65)(H2,52,53,67)/t34-,40-,41-/m0/s1. The van der Waals surface area contributed by atoms with E-state index in [1.165, 1.54) is 0 Å². The van der Waals surface area contributed by atoms with Gasteiger partial charge in [0, 0.05) is 89.9 Å². The zero-order valence-corrected chi connectivity index (χ0v) is 42.8. The van der Waals surface area contributed by atoms with Crippen molar-refractivity contribution in [2.24, 2.45) is 16.8 Å². The number of aliphatic carboxylic acids is 3. The average molecular weight is 1030 g/mol. The lowest BCUT2D eigenvalue weighted by molar-refractivity contribution is -0.140. The molecule has 3 rings (SSSR count). The molecule has 2 aromatic carbocycles. The maximum atomic E-state index is 13.8. The molecule has 384 valence electrons. The molecule has 2 aromatic rings. The monoisotopic (exact) mass is 1030 g/mol. The van der Waals surface area contributed by atoms with E-state index in [2.05, 4.69) is 43.6 Å². The maximum Gasteiger partial charge on any atom is 0.319 e. The minimum absolute atomic E-state index is 0.0264. The molecule has 0 aromatic heterocycles. The van der Waals surface area contributed by atoms with Crippen molar-refractivity contribution in [1.82, 2.24) is 35.6 Å². The predicted octanol–water partition coefficient (Wildman–Crippen LogP) is 3.89. The van der Waals surface area contributed by atoms with Gasteiger partial charge in [0.2, 0.25) is 11.8 Å². The highest BCUT2D eigenvalue weighted by Crippen LogP contribution is 2.22. The lowest BCUT2D eigenvalue weighted by Crippen LogP contribution is -2.49. The Bertz CT molecular complexity index is 2060. The summed E-state index contributed by atoms with van der Waals surface area (Å²) in [6, 6.07) is 13.0. The van der Waals surface area contributed by atoms with Crippen LogP contribution >= 0.6 is 36.2 Å². The van der Waals surface area contributed by atoms with Gasteiger partial charge in [0.1, 0.15) is 0 Å². The minimum atomic E-state index is -1.04. The molecule has 1 aliphatic rings. The summed E-state index contributed by atoms with van der Waals surface area (Å²) in [5.41, 5.74) is 2.98. The highest BCUT2D eigenvalue weighted by Gasteiger charge is 2.31. The van der Waals surface area contributed by atoms with Crippen LogP contribution < -0.4 is 21.3 Å². The van der Waals surface area contributed by atoms with Crippen molar-refractivity contribution in [3.8, 4) is 0 Å². The van der Waals surface area contributed by atoms with Crippen molar-refractivity contribution in [2.45, 2.75) is 65.0 Å². The first-order valence-corrected chi connectivity index (χ1v) is 25.6. The number of amides is 4. The second-order valence-corrected chi connectivity index (χ2v) is 19.1. The summed E-state index contributed by atoms with van der Waals surface area (Å²) in [6.45, 7) is 5.92. The van der Waals surface area contributed by atoms with Gasteiger partial charge in [-0.3, -0.25) is 48.4 Å². The molecule has 3 atom stereocenters. The molecule has 0 saturated carbocycles. The number of thioether (sulfide) groups is 1. The van der Waals surface area contributed by atoms with Gasteiger partial charge in [0.25, 0.3) is 0 Å². The van der Waals surface area contributed by atoms with Crippen LogP contribution in [-0.4, -0.2) is 190 Å². The maximum absolute atomic E-state index is 13.8. The molecule has 1 aliphatic heterocycles.